The van der Waals surface area contributed by atoms with E-state index < -0.39 is 0 Å². The van der Waals surface area contributed by atoms with Gasteiger partial charge in [0.1, 0.15) is 0 Å². The Morgan fingerprint density at radius 3 is 2.63 bits per heavy atom. The molecule has 2 aromatic heterocycles. The Hall–Kier alpha value is -2.33. The molecule has 0 spiro atoms. The number of carbonyl (C=O) groups excluding carboxylic acids is 1. The smallest absolute Gasteiger partial charge is 0.230 e. The van der Waals surface area contributed by atoms with Crippen LogP contribution in [0.15, 0.2) is 42.6 Å². The zero-order valence-electron chi connectivity index (χ0n) is 15.2. The van der Waals surface area contributed by atoms with Gasteiger partial charge in [-0.3, -0.25) is 9.20 Å². The van der Waals surface area contributed by atoms with Crippen molar-refractivity contribution >= 4 is 28.7 Å². The SMILES string of the molecule is O=C(c1c(Cl)cccc1C1CC1)c1nc(N2CCCCC2)c2ccccn12. The molecule has 0 radical (unpaired) electrons. The predicted octanol–water partition coefficient (Wildman–Crippen LogP) is 5.09. The normalized spacial score (nSPS) is 17.4. The van der Waals surface area contributed by atoms with Crippen LogP contribution >= 0.6 is 11.6 Å². The lowest BCUT2D eigenvalue weighted by Gasteiger charge is -2.26. The Kier molecular flexibility index (Phi) is 4.16. The van der Waals surface area contributed by atoms with Crippen molar-refractivity contribution in [2.75, 3.05) is 18.0 Å². The van der Waals surface area contributed by atoms with Crippen molar-refractivity contribution in [2.24, 2.45) is 0 Å². The van der Waals surface area contributed by atoms with Crippen molar-refractivity contribution in [1.82, 2.24) is 9.38 Å². The molecule has 27 heavy (non-hydrogen) atoms. The molecule has 1 aromatic carbocycles. The molecule has 2 fully saturated rings. The number of halogens is 1. The molecular formula is C22H22ClN3O. The number of rotatable bonds is 4. The van der Waals surface area contributed by atoms with E-state index in [1.807, 2.05) is 47.0 Å². The molecule has 1 aliphatic carbocycles. The Morgan fingerprint density at radius 1 is 1.04 bits per heavy atom. The average molecular weight is 380 g/mol. The summed E-state index contributed by atoms with van der Waals surface area (Å²) in [4.78, 5) is 20.7. The molecule has 138 valence electrons. The van der Waals surface area contributed by atoms with Crippen LogP contribution in [-0.2, 0) is 0 Å². The lowest BCUT2D eigenvalue weighted by Crippen LogP contribution is -2.29. The minimum absolute atomic E-state index is 0.0769. The molecule has 0 amide bonds. The van der Waals surface area contributed by atoms with Gasteiger partial charge in [0, 0.05) is 24.8 Å². The first-order valence-electron chi connectivity index (χ1n) is 9.79. The summed E-state index contributed by atoms with van der Waals surface area (Å²) in [5, 5.41) is 0.525. The Balaban J connectivity index is 1.64. The number of hydrogen-bond donors (Lipinski definition) is 0. The molecule has 1 saturated heterocycles. The summed E-state index contributed by atoms with van der Waals surface area (Å²) in [6.07, 6.45) is 7.79. The molecule has 3 aromatic rings. The van der Waals surface area contributed by atoms with E-state index in [0.717, 1.165) is 42.8 Å². The van der Waals surface area contributed by atoms with E-state index in [9.17, 15) is 4.79 Å². The number of piperidine rings is 1. The number of nitrogens with zero attached hydrogens (tertiary/aromatic N) is 3. The van der Waals surface area contributed by atoms with Crippen molar-refractivity contribution in [3.05, 3.63) is 64.6 Å². The second-order valence-electron chi connectivity index (χ2n) is 7.57. The van der Waals surface area contributed by atoms with Gasteiger partial charge in [0.2, 0.25) is 5.78 Å². The van der Waals surface area contributed by atoms with Crippen molar-refractivity contribution < 1.29 is 4.79 Å². The van der Waals surface area contributed by atoms with Gasteiger partial charge in [0.05, 0.1) is 10.5 Å². The second-order valence-corrected chi connectivity index (χ2v) is 7.98. The summed E-state index contributed by atoms with van der Waals surface area (Å²) in [7, 11) is 0. The number of pyridine rings is 1. The maximum absolute atomic E-state index is 13.5. The van der Waals surface area contributed by atoms with Crippen LogP contribution in [0.4, 0.5) is 5.82 Å². The number of anilines is 1. The summed E-state index contributed by atoms with van der Waals surface area (Å²) < 4.78 is 1.92. The van der Waals surface area contributed by atoms with Crippen LogP contribution < -0.4 is 4.90 Å². The maximum atomic E-state index is 13.5. The maximum Gasteiger partial charge on any atom is 0.230 e. The van der Waals surface area contributed by atoms with Gasteiger partial charge in [-0.15, -0.1) is 0 Å². The number of carbonyl (C=O) groups is 1. The van der Waals surface area contributed by atoms with Crippen LogP contribution in [0.3, 0.4) is 0 Å². The summed E-state index contributed by atoms with van der Waals surface area (Å²) in [5.41, 5.74) is 2.69. The topological polar surface area (TPSA) is 37.6 Å². The molecule has 0 unspecified atom stereocenters. The van der Waals surface area contributed by atoms with E-state index in [1.165, 1.54) is 19.3 Å². The summed E-state index contributed by atoms with van der Waals surface area (Å²) in [5.74, 6) is 1.75. The van der Waals surface area contributed by atoms with Crippen LogP contribution in [0.2, 0.25) is 5.02 Å². The first-order valence-corrected chi connectivity index (χ1v) is 10.2. The fourth-order valence-electron chi connectivity index (χ4n) is 4.15. The van der Waals surface area contributed by atoms with Crippen molar-refractivity contribution in [3.63, 3.8) is 0 Å². The van der Waals surface area contributed by atoms with Crippen LogP contribution in [0.1, 0.15) is 59.8 Å². The zero-order chi connectivity index (χ0) is 18.4. The summed E-state index contributed by atoms with van der Waals surface area (Å²) in [6, 6.07) is 11.8. The Bertz CT molecular complexity index is 1020. The molecule has 1 aliphatic heterocycles. The highest BCUT2D eigenvalue weighted by Crippen LogP contribution is 2.43. The van der Waals surface area contributed by atoms with Gasteiger partial charge in [0.15, 0.2) is 11.6 Å². The number of fused-ring (bicyclic) bond motifs is 1. The van der Waals surface area contributed by atoms with Gasteiger partial charge in [-0.05, 0) is 61.8 Å². The highest BCUT2D eigenvalue weighted by Gasteiger charge is 2.31. The van der Waals surface area contributed by atoms with Gasteiger partial charge in [-0.2, -0.15) is 0 Å². The minimum atomic E-state index is -0.0769. The number of hydrogen-bond acceptors (Lipinski definition) is 3. The third kappa shape index (κ3) is 2.92. The van der Waals surface area contributed by atoms with Crippen molar-refractivity contribution in [3.8, 4) is 0 Å². The van der Waals surface area contributed by atoms with Crippen LogP contribution in [0.5, 0.6) is 0 Å². The van der Waals surface area contributed by atoms with E-state index in [4.69, 9.17) is 16.6 Å². The highest BCUT2D eigenvalue weighted by atomic mass is 35.5. The third-order valence-electron chi connectivity index (χ3n) is 5.68. The first kappa shape index (κ1) is 16.8. The summed E-state index contributed by atoms with van der Waals surface area (Å²) >= 11 is 6.48. The van der Waals surface area contributed by atoms with Crippen molar-refractivity contribution in [2.45, 2.75) is 38.0 Å². The van der Waals surface area contributed by atoms with Gasteiger partial charge in [-0.25, -0.2) is 4.98 Å². The fourth-order valence-corrected chi connectivity index (χ4v) is 4.41. The largest absolute Gasteiger partial charge is 0.355 e. The predicted molar refractivity (Wildman–Crippen MR) is 108 cm³/mol. The average Bonchev–Trinajstić information content (AvgIpc) is 3.48. The number of aromatic nitrogens is 2. The Morgan fingerprint density at radius 2 is 1.85 bits per heavy atom. The number of ketones is 1. The molecule has 3 heterocycles. The van der Waals surface area contributed by atoms with Gasteiger partial charge in [0.25, 0.3) is 0 Å². The van der Waals surface area contributed by atoms with Crippen LogP contribution in [0.25, 0.3) is 5.52 Å². The Labute approximate surface area is 163 Å². The van der Waals surface area contributed by atoms with Crippen molar-refractivity contribution in [1.29, 1.82) is 0 Å². The minimum Gasteiger partial charge on any atom is -0.355 e. The van der Waals surface area contributed by atoms with E-state index in [-0.39, 0.29) is 5.78 Å². The molecule has 2 aliphatic rings. The fraction of sp³-hybridized carbons (Fsp3) is 0.364. The standard InChI is InChI=1S/C22H22ClN3O/c23-17-8-6-7-16(15-10-11-15)19(17)20(27)22-24-21(25-12-3-1-4-13-25)18-9-2-5-14-26(18)22/h2,5-9,14-15H,1,3-4,10-13H2. The number of benzene rings is 1. The molecule has 5 heteroatoms. The molecule has 0 bridgehead atoms. The lowest BCUT2D eigenvalue weighted by atomic mass is 9.99. The molecule has 1 saturated carbocycles. The molecule has 4 nitrogen and oxygen atoms in total. The van der Waals surface area contributed by atoms with E-state index >= 15 is 0 Å². The number of imidazole rings is 1. The van der Waals surface area contributed by atoms with Gasteiger partial charge < -0.3 is 4.90 Å². The lowest BCUT2D eigenvalue weighted by molar-refractivity contribution is 0.102. The first-order chi connectivity index (χ1) is 13.2. The molecule has 0 N–H and O–H groups in total. The second kappa shape index (κ2) is 6.68. The molecular weight excluding hydrogens is 358 g/mol. The molecule has 5 rings (SSSR count). The van der Waals surface area contributed by atoms with Crippen LogP contribution in [0, 0.1) is 0 Å². The third-order valence-corrected chi connectivity index (χ3v) is 5.99. The summed E-state index contributed by atoms with van der Waals surface area (Å²) in [6.45, 7) is 1.99. The van der Waals surface area contributed by atoms with Gasteiger partial charge >= 0.3 is 0 Å². The van der Waals surface area contributed by atoms with Crippen LogP contribution in [-0.4, -0.2) is 28.3 Å². The highest BCUT2D eigenvalue weighted by molar-refractivity contribution is 6.35. The quantitative estimate of drug-likeness (QED) is 0.593. The van der Waals surface area contributed by atoms with Gasteiger partial charge in [-0.1, -0.05) is 29.8 Å². The molecule has 0 atom stereocenters. The van der Waals surface area contributed by atoms with E-state index in [1.54, 1.807) is 0 Å². The van der Waals surface area contributed by atoms with E-state index in [0.29, 0.717) is 22.3 Å². The zero-order valence-corrected chi connectivity index (χ0v) is 16.0. The van der Waals surface area contributed by atoms with E-state index in [2.05, 4.69) is 4.90 Å². The monoisotopic (exact) mass is 379 g/mol.